The molecule has 2 aliphatic rings. The zero-order valence-electron chi connectivity index (χ0n) is 10.3. The molecule has 1 aliphatic carbocycles. The summed E-state index contributed by atoms with van der Waals surface area (Å²) < 4.78 is 0. The van der Waals surface area contributed by atoms with Crippen LogP contribution in [0.1, 0.15) is 23.2 Å². The van der Waals surface area contributed by atoms with Gasteiger partial charge in [-0.25, -0.2) is 0 Å². The van der Waals surface area contributed by atoms with E-state index in [0.717, 1.165) is 30.7 Å². The van der Waals surface area contributed by atoms with Crippen LogP contribution in [-0.4, -0.2) is 34.9 Å². The highest BCUT2D eigenvalue weighted by Gasteiger charge is 2.42. The van der Waals surface area contributed by atoms with Crippen LogP contribution in [0.3, 0.4) is 0 Å². The predicted molar refractivity (Wildman–Crippen MR) is 71.1 cm³/mol. The van der Waals surface area contributed by atoms with Gasteiger partial charge in [-0.1, -0.05) is 11.3 Å². The zero-order chi connectivity index (χ0) is 13.6. The second-order valence-corrected chi connectivity index (χ2v) is 6.20. The summed E-state index contributed by atoms with van der Waals surface area (Å²) in [7, 11) is 0. The Balaban J connectivity index is 1.73. The Morgan fingerprint density at radius 1 is 1.47 bits per heavy atom. The average molecular weight is 281 g/mol. The van der Waals surface area contributed by atoms with Crippen molar-refractivity contribution in [2.75, 3.05) is 13.1 Å². The standard InChI is InChI=1S/C12H15N3O3S/c13-10-2-1-7-4-14(5-9(7)10)12(16)8-3-11(15(17)18)19-6-8/h3,6-7,9-10H,1-2,4-5,13H2. The molecule has 3 rings (SSSR count). The fraction of sp³-hybridized carbons (Fsp3) is 0.583. The van der Waals surface area contributed by atoms with Crippen molar-refractivity contribution in [3.05, 3.63) is 27.1 Å². The van der Waals surface area contributed by atoms with Crippen molar-refractivity contribution in [1.82, 2.24) is 4.90 Å². The summed E-state index contributed by atoms with van der Waals surface area (Å²) >= 11 is 0.995. The second kappa shape index (κ2) is 4.57. The number of nitro groups is 1. The molecule has 1 saturated heterocycles. The van der Waals surface area contributed by atoms with Crippen molar-refractivity contribution in [3.8, 4) is 0 Å². The summed E-state index contributed by atoms with van der Waals surface area (Å²) in [5.41, 5.74) is 6.46. The van der Waals surface area contributed by atoms with Gasteiger partial charge in [0.2, 0.25) is 0 Å². The molecule has 102 valence electrons. The van der Waals surface area contributed by atoms with E-state index in [9.17, 15) is 14.9 Å². The van der Waals surface area contributed by atoms with E-state index in [2.05, 4.69) is 0 Å². The molecule has 6 nitrogen and oxygen atoms in total. The minimum Gasteiger partial charge on any atom is -0.338 e. The van der Waals surface area contributed by atoms with E-state index in [1.165, 1.54) is 6.07 Å². The lowest BCUT2D eigenvalue weighted by molar-refractivity contribution is -0.380. The van der Waals surface area contributed by atoms with Crippen LogP contribution in [0.5, 0.6) is 0 Å². The summed E-state index contributed by atoms with van der Waals surface area (Å²) in [6.45, 7) is 1.43. The molecule has 0 radical (unpaired) electrons. The molecule has 19 heavy (non-hydrogen) atoms. The van der Waals surface area contributed by atoms with Gasteiger partial charge in [0.25, 0.3) is 5.91 Å². The summed E-state index contributed by atoms with van der Waals surface area (Å²) in [5.74, 6) is 0.802. The van der Waals surface area contributed by atoms with Gasteiger partial charge < -0.3 is 10.6 Å². The molecule has 1 saturated carbocycles. The third kappa shape index (κ3) is 2.12. The van der Waals surface area contributed by atoms with Gasteiger partial charge in [0.1, 0.15) is 0 Å². The Morgan fingerprint density at radius 2 is 2.26 bits per heavy atom. The Morgan fingerprint density at radius 3 is 2.89 bits per heavy atom. The maximum absolute atomic E-state index is 12.3. The van der Waals surface area contributed by atoms with Crippen LogP contribution >= 0.6 is 11.3 Å². The minimum atomic E-state index is -0.462. The summed E-state index contributed by atoms with van der Waals surface area (Å²) in [6, 6.07) is 1.56. The highest BCUT2D eigenvalue weighted by atomic mass is 32.1. The van der Waals surface area contributed by atoms with Gasteiger partial charge in [-0.05, 0) is 24.7 Å². The number of nitrogens with two attached hydrogens (primary N) is 1. The number of carbonyl (C=O) groups is 1. The van der Waals surface area contributed by atoms with E-state index in [1.54, 1.807) is 10.3 Å². The Kier molecular flexibility index (Phi) is 3.02. The largest absolute Gasteiger partial charge is 0.338 e. The molecule has 2 heterocycles. The lowest BCUT2D eigenvalue weighted by atomic mass is 9.98. The molecule has 1 aliphatic heterocycles. The quantitative estimate of drug-likeness (QED) is 0.656. The van der Waals surface area contributed by atoms with E-state index in [0.29, 0.717) is 23.9 Å². The van der Waals surface area contributed by atoms with Gasteiger partial charge in [-0.15, -0.1) is 0 Å². The van der Waals surface area contributed by atoms with E-state index in [-0.39, 0.29) is 17.0 Å². The van der Waals surface area contributed by atoms with E-state index < -0.39 is 4.92 Å². The van der Waals surface area contributed by atoms with Crippen LogP contribution in [0.25, 0.3) is 0 Å². The Bertz CT molecular complexity index is 530. The number of nitrogens with zero attached hydrogens (tertiary/aromatic N) is 2. The fourth-order valence-corrected chi connectivity index (χ4v) is 3.89. The zero-order valence-corrected chi connectivity index (χ0v) is 11.1. The van der Waals surface area contributed by atoms with Crippen LogP contribution in [0.2, 0.25) is 0 Å². The second-order valence-electron chi connectivity index (χ2n) is 5.31. The minimum absolute atomic E-state index is 0.0134. The van der Waals surface area contributed by atoms with Crippen molar-refractivity contribution in [1.29, 1.82) is 0 Å². The van der Waals surface area contributed by atoms with Crippen molar-refractivity contribution >= 4 is 22.2 Å². The molecule has 1 aromatic rings. The monoisotopic (exact) mass is 281 g/mol. The SMILES string of the molecule is NC1CCC2CN(C(=O)c3csc([N+](=O)[O-])c3)CC12. The van der Waals surface area contributed by atoms with E-state index in [4.69, 9.17) is 5.73 Å². The fourth-order valence-electron chi connectivity index (χ4n) is 3.19. The third-order valence-corrected chi connectivity index (χ3v) is 5.09. The average Bonchev–Trinajstić information content (AvgIpc) is 3.05. The van der Waals surface area contributed by atoms with Crippen LogP contribution in [0, 0.1) is 22.0 Å². The molecule has 3 unspecified atom stereocenters. The molecule has 0 aromatic carbocycles. The van der Waals surface area contributed by atoms with Gasteiger partial charge in [0.05, 0.1) is 10.5 Å². The van der Waals surface area contributed by atoms with Crippen LogP contribution < -0.4 is 5.73 Å². The highest BCUT2D eigenvalue weighted by Crippen LogP contribution is 2.38. The van der Waals surface area contributed by atoms with Crippen LogP contribution in [-0.2, 0) is 0 Å². The molecule has 7 heteroatoms. The smallest absolute Gasteiger partial charge is 0.324 e. The van der Waals surface area contributed by atoms with Crippen molar-refractivity contribution < 1.29 is 9.72 Å². The Labute approximate surface area is 114 Å². The summed E-state index contributed by atoms with van der Waals surface area (Å²) in [5, 5.41) is 12.2. The number of fused-ring (bicyclic) bond motifs is 1. The number of carbonyl (C=O) groups excluding carboxylic acids is 1. The normalized spacial score (nSPS) is 29.5. The van der Waals surface area contributed by atoms with Gasteiger partial charge in [-0.3, -0.25) is 14.9 Å². The van der Waals surface area contributed by atoms with Gasteiger partial charge in [0, 0.05) is 30.6 Å². The summed E-state index contributed by atoms with van der Waals surface area (Å²) in [4.78, 5) is 24.3. The number of hydrogen-bond acceptors (Lipinski definition) is 5. The first-order chi connectivity index (χ1) is 9.06. The maximum Gasteiger partial charge on any atom is 0.324 e. The number of hydrogen-bond donors (Lipinski definition) is 1. The highest BCUT2D eigenvalue weighted by molar-refractivity contribution is 7.13. The van der Waals surface area contributed by atoms with Crippen molar-refractivity contribution in [2.45, 2.75) is 18.9 Å². The Hall–Kier alpha value is -1.47. The molecule has 1 aromatic heterocycles. The molecule has 2 N–H and O–H groups in total. The first-order valence-electron chi connectivity index (χ1n) is 6.34. The van der Waals surface area contributed by atoms with Gasteiger partial charge in [-0.2, -0.15) is 0 Å². The molecule has 0 bridgehead atoms. The molecule has 1 amide bonds. The molecule has 2 fully saturated rings. The lowest BCUT2D eigenvalue weighted by Crippen LogP contribution is -2.33. The van der Waals surface area contributed by atoms with E-state index in [1.807, 2.05) is 0 Å². The predicted octanol–water partition coefficient (Wildman–Crippen LogP) is 1.47. The maximum atomic E-state index is 12.3. The topological polar surface area (TPSA) is 89.5 Å². The first-order valence-corrected chi connectivity index (χ1v) is 7.22. The van der Waals surface area contributed by atoms with E-state index >= 15 is 0 Å². The lowest BCUT2D eigenvalue weighted by Gasteiger charge is -2.17. The molecular formula is C12H15N3O3S. The van der Waals surface area contributed by atoms with Crippen LogP contribution in [0.4, 0.5) is 5.00 Å². The molecule has 0 spiro atoms. The van der Waals surface area contributed by atoms with Crippen molar-refractivity contribution in [2.24, 2.45) is 17.6 Å². The van der Waals surface area contributed by atoms with Gasteiger partial charge >= 0.3 is 5.00 Å². The first kappa shape index (κ1) is 12.6. The number of amides is 1. The molecular weight excluding hydrogens is 266 g/mol. The third-order valence-electron chi connectivity index (χ3n) is 4.21. The number of likely N-dealkylation sites (tertiary alicyclic amines) is 1. The molecule has 3 atom stereocenters. The van der Waals surface area contributed by atoms with Crippen molar-refractivity contribution in [3.63, 3.8) is 0 Å². The number of thiophene rings is 1. The van der Waals surface area contributed by atoms with Gasteiger partial charge in [0.15, 0.2) is 0 Å². The summed E-state index contributed by atoms with van der Waals surface area (Å²) in [6.07, 6.45) is 2.13. The number of rotatable bonds is 2. The van der Waals surface area contributed by atoms with Crippen LogP contribution in [0.15, 0.2) is 11.4 Å².